The van der Waals surface area contributed by atoms with Crippen molar-refractivity contribution >= 4 is 22.2 Å². The second-order valence-electron chi connectivity index (χ2n) is 5.82. The molecule has 4 nitrogen and oxygen atoms in total. The number of rotatable bonds is 4. The molecule has 0 radical (unpaired) electrons. The number of benzene rings is 2. The van der Waals surface area contributed by atoms with Crippen molar-refractivity contribution in [2.24, 2.45) is 0 Å². The van der Waals surface area contributed by atoms with Gasteiger partial charge in [-0.2, -0.15) is 0 Å². The van der Waals surface area contributed by atoms with E-state index in [4.69, 9.17) is 0 Å². The molecule has 1 heterocycles. The summed E-state index contributed by atoms with van der Waals surface area (Å²) in [5.41, 5.74) is 1.22. The van der Waals surface area contributed by atoms with Crippen LogP contribution in [0.5, 0.6) is 0 Å². The van der Waals surface area contributed by atoms with Gasteiger partial charge in [0.25, 0.3) is 0 Å². The van der Waals surface area contributed by atoms with Crippen molar-refractivity contribution in [1.82, 2.24) is 9.55 Å². The Labute approximate surface area is 133 Å². The summed E-state index contributed by atoms with van der Waals surface area (Å²) in [5.74, 6) is 0. The average Bonchev–Trinajstić information content (AvgIpc) is 2.53. The van der Waals surface area contributed by atoms with E-state index in [-0.39, 0.29) is 0 Å². The molecule has 116 valence electrons. The number of quaternary nitrogens is 1. The first-order valence-electron chi connectivity index (χ1n) is 7.39. The smallest absolute Gasteiger partial charge is 0.154 e. The summed E-state index contributed by atoms with van der Waals surface area (Å²) < 4.78 is 12.2. The lowest BCUT2D eigenvalue weighted by molar-refractivity contribution is 0.367. The van der Waals surface area contributed by atoms with Gasteiger partial charge in [0.1, 0.15) is 9.79 Å². The summed E-state index contributed by atoms with van der Waals surface area (Å²) in [5, 5.41) is 13.7. The van der Waals surface area contributed by atoms with Crippen LogP contribution in [0.3, 0.4) is 0 Å². The van der Waals surface area contributed by atoms with Crippen molar-refractivity contribution in [3.05, 3.63) is 53.7 Å². The van der Waals surface area contributed by atoms with Crippen LogP contribution in [0.4, 0.5) is 11.4 Å². The molecule has 3 rings (SSSR count). The Morgan fingerprint density at radius 3 is 2.00 bits per heavy atom. The van der Waals surface area contributed by atoms with Crippen LogP contribution in [0.25, 0.3) is 0 Å². The summed E-state index contributed by atoms with van der Waals surface area (Å²) >= 11 is 0. The molecule has 0 spiro atoms. The third-order valence-electron chi connectivity index (χ3n) is 3.99. The fourth-order valence-electron chi connectivity index (χ4n) is 2.92. The number of para-hydroxylation sites is 2. The fraction of sp³-hybridized carbons (Fsp3) is 0.294. The molecule has 0 atom stereocenters. The lowest BCUT2D eigenvalue weighted by atomic mass is 10.2. The van der Waals surface area contributed by atoms with Gasteiger partial charge in [0.15, 0.2) is 11.4 Å². The van der Waals surface area contributed by atoms with E-state index < -0.39 is 15.4 Å². The third kappa shape index (κ3) is 2.50. The van der Waals surface area contributed by atoms with Gasteiger partial charge in [0, 0.05) is 25.1 Å². The number of fused-ring (bicyclic) bond motifs is 2. The zero-order valence-electron chi connectivity index (χ0n) is 12.9. The highest BCUT2D eigenvalue weighted by Gasteiger charge is 2.37. The van der Waals surface area contributed by atoms with Gasteiger partial charge in [-0.25, -0.2) is 4.21 Å². The van der Waals surface area contributed by atoms with Crippen molar-refractivity contribution in [3.8, 4) is 0 Å². The molecule has 0 unspecified atom stereocenters. The molecule has 0 saturated carbocycles. The molecule has 1 aliphatic heterocycles. The molecule has 0 amide bonds. The van der Waals surface area contributed by atoms with E-state index in [0.29, 0.717) is 27.7 Å². The molecule has 2 aromatic rings. The van der Waals surface area contributed by atoms with Gasteiger partial charge in [-0.15, -0.1) is 0 Å². The van der Waals surface area contributed by atoms with E-state index >= 15 is 0 Å². The summed E-state index contributed by atoms with van der Waals surface area (Å²) in [6, 6.07) is 14.6. The highest BCUT2D eigenvalue weighted by molar-refractivity contribution is 7.85. The normalized spacial score (nSPS) is 23.2. The highest BCUT2D eigenvalue weighted by atomic mass is 32.2. The molecule has 0 aliphatic carbocycles. The van der Waals surface area contributed by atoms with Crippen LogP contribution in [0.2, 0.25) is 0 Å². The average molecular weight is 316 g/mol. The highest BCUT2D eigenvalue weighted by Crippen LogP contribution is 2.46. The van der Waals surface area contributed by atoms with Gasteiger partial charge >= 0.3 is 0 Å². The first-order valence-corrected chi connectivity index (χ1v) is 8.54. The predicted octanol–water partition coefficient (Wildman–Crippen LogP) is 3.26. The zero-order chi connectivity index (χ0) is 15.7. The SMILES string of the molecule is CN(C)CCC[N+]1([O-])c2ccccc2S(=O)c2ccccc21. The number of hydrogen-bond donors (Lipinski definition) is 0. The first-order chi connectivity index (χ1) is 10.5. The van der Waals surface area contributed by atoms with Gasteiger partial charge in [-0.05, 0) is 26.2 Å². The Bertz CT molecular complexity index is 666. The third-order valence-corrected chi connectivity index (χ3v) is 5.48. The molecular weight excluding hydrogens is 296 g/mol. The van der Waals surface area contributed by atoms with E-state index in [0.717, 1.165) is 13.0 Å². The fourth-order valence-corrected chi connectivity index (χ4v) is 4.38. The van der Waals surface area contributed by atoms with Crippen LogP contribution < -0.4 is 4.65 Å². The Morgan fingerprint density at radius 1 is 1.00 bits per heavy atom. The van der Waals surface area contributed by atoms with Crippen LogP contribution in [-0.2, 0) is 10.8 Å². The Morgan fingerprint density at radius 2 is 1.50 bits per heavy atom. The second kappa shape index (κ2) is 5.93. The summed E-state index contributed by atoms with van der Waals surface area (Å²) in [6.45, 7) is 1.30. The van der Waals surface area contributed by atoms with E-state index in [1.165, 1.54) is 0 Å². The van der Waals surface area contributed by atoms with E-state index in [2.05, 4.69) is 4.90 Å². The molecular formula is C17H20N2O2S. The standard InChI is InChI=1S/C17H20N2O2S/c1-18(2)12-7-13-19(20)14-8-3-5-10-16(14)22(21)17-11-6-4-9-15(17)19/h3-6,8-11H,7,12-13H2,1-2H3. The van der Waals surface area contributed by atoms with Crippen LogP contribution in [0.1, 0.15) is 6.42 Å². The van der Waals surface area contributed by atoms with Crippen LogP contribution in [0, 0.1) is 5.21 Å². The van der Waals surface area contributed by atoms with Crippen molar-refractivity contribution in [2.45, 2.75) is 16.2 Å². The molecule has 1 aliphatic rings. The van der Waals surface area contributed by atoms with Crippen LogP contribution in [0.15, 0.2) is 58.3 Å². The van der Waals surface area contributed by atoms with Crippen molar-refractivity contribution in [1.29, 1.82) is 0 Å². The topological polar surface area (TPSA) is 43.4 Å². The molecule has 0 aromatic heterocycles. The van der Waals surface area contributed by atoms with Crippen LogP contribution >= 0.6 is 0 Å². The van der Waals surface area contributed by atoms with E-state index in [1.54, 1.807) is 12.1 Å². The molecule has 0 bridgehead atoms. The maximum absolute atomic E-state index is 13.7. The summed E-state index contributed by atoms with van der Waals surface area (Å²) in [6.07, 6.45) is 0.784. The number of hydrogen-bond acceptors (Lipinski definition) is 3. The molecule has 0 N–H and O–H groups in total. The lowest BCUT2D eigenvalue weighted by Crippen LogP contribution is -2.43. The molecule has 0 fully saturated rings. The Kier molecular flexibility index (Phi) is 4.14. The minimum absolute atomic E-state index is 0.448. The van der Waals surface area contributed by atoms with E-state index in [9.17, 15) is 9.42 Å². The largest absolute Gasteiger partial charge is 0.622 e. The minimum atomic E-state index is -1.28. The van der Waals surface area contributed by atoms with Crippen molar-refractivity contribution in [3.63, 3.8) is 0 Å². The lowest BCUT2D eigenvalue weighted by Gasteiger charge is -2.45. The Hall–Kier alpha value is -1.53. The molecule has 2 aromatic carbocycles. The van der Waals surface area contributed by atoms with E-state index in [1.807, 2.05) is 50.5 Å². The first kappa shape index (κ1) is 15.4. The van der Waals surface area contributed by atoms with Crippen molar-refractivity contribution in [2.75, 3.05) is 27.2 Å². The number of hydroxylamine groups is 1. The molecule has 5 heteroatoms. The van der Waals surface area contributed by atoms with Gasteiger partial charge < -0.3 is 10.1 Å². The van der Waals surface area contributed by atoms with Gasteiger partial charge in [-0.3, -0.25) is 4.65 Å². The summed E-state index contributed by atoms with van der Waals surface area (Å²) in [4.78, 5) is 3.36. The zero-order valence-corrected chi connectivity index (χ0v) is 13.7. The Balaban J connectivity index is 2.09. The maximum atomic E-state index is 13.7. The van der Waals surface area contributed by atoms with Crippen molar-refractivity contribution < 1.29 is 4.21 Å². The second-order valence-corrected chi connectivity index (χ2v) is 7.24. The monoisotopic (exact) mass is 316 g/mol. The predicted molar refractivity (Wildman–Crippen MR) is 90.4 cm³/mol. The quantitative estimate of drug-likeness (QED) is 0.642. The molecule has 22 heavy (non-hydrogen) atoms. The minimum Gasteiger partial charge on any atom is -0.622 e. The number of nitrogens with zero attached hydrogens (tertiary/aromatic N) is 2. The molecule has 0 saturated heterocycles. The maximum Gasteiger partial charge on any atom is 0.154 e. The van der Waals surface area contributed by atoms with Gasteiger partial charge in [0.05, 0.1) is 17.3 Å². The van der Waals surface area contributed by atoms with Gasteiger partial charge in [-0.1, -0.05) is 24.3 Å². The summed E-state index contributed by atoms with van der Waals surface area (Å²) in [7, 11) is 2.73. The van der Waals surface area contributed by atoms with Gasteiger partial charge in [0.2, 0.25) is 0 Å². The van der Waals surface area contributed by atoms with Crippen LogP contribution in [-0.4, -0.2) is 36.3 Å².